The second-order valence-corrected chi connectivity index (χ2v) is 7.47. The van der Waals surface area contributed by atoms with Crippen LogP contribution in [0.3, 0.4) is 0 Å². The summed E-state index contributed by atoms with van der Waals surface area (Å²) in [6.45, 7) is 3.15. The molecule has 0 bridgehead atoms. The first-order valence-corrected chi connectivity index (χ1v) is 9.72. The van der Waals surface area contributed by atoms with E-state index < -0.39 is 6.04 Å². The van der Waals surface area contributed by atoms with Crippen LogP contribution in [0.15, 0.2) is 53.1 Å². The van der Waals surface area contributed by atoms with Crippen LogP contribution in [0.25, 0.3) is 11.4 Å². The topological polar surface area (TPSA) is 85.3 Å². The molecule has 158 valence electrons. The van der Waals surface area contributed by atoms with E-state index in [0.717, 1.165) is 24.0 Å². The number of carbonyl (C=O) groups is 1. The molecule has 1 fully saturated rings. The molecule has 0 aliphatic carbocycles. The van der Waals surface area contributed by atoms with Gasteiger partial charge in [0.05, 0.1) is 5.92 Å². The van der Waals surface area contributed by atoms with Gasteiger partial charge in [0, 0.05) is 18.7 Å². The summed E-state index contributed by atoms with van der Waals surface area (Å²) in [5, 5.41) is 4.02. The van der Waals surface area contributed by atoms with Gasteiger partial charge in [0.2, 0.25) is 17.6 Å². The third kappa shape index (κ3) is 4.68. The molecule has 2 N–H and O–H groups in total. The van der Waals surface area contributed by atoms with Gasteiger partial charge in [-0.2, -0.15) is 4.98 Å². The molecule has 6 nitrogen and oxygen atoms in total. The number of rotatable bonds is 4. The van der Waals surface area contributed by atoms with Crippen molar-refractivity contribution in [1.29, 1.82) is 0 Å². The van der Waals surface area contributed by atoms with E-state index in [0.29, 0.717) is 30.4 Å². The van der Waals surface area contributed by atoms with Crippen molar-refractivity contribution >= 4 is 18.3 Å². The predicted octanol–water partition coefficient (Wildman–Crippen LogP) is 4.01. The first-order valence-electron chi connectivity index (χ1n) is 9.72. The summed E-state index contributed by atoms with van der Waals surface area (Å²) in [4.78, 5) is 19.2. The molecule has 0 spiro atoms. The van der Waals surface area contributed by atoms with Crippen LogP contribution in [0, 0.1) is 12.7 Å². The van der Waals surface area contributed by atoms with Gasteiger partial charge in [-0.25, -0.2) is 4.39 Å². The molecule has 4 rings (SSSR count). The van der Waals surface area contributed by atoms with Crippen molar-refractivity contribution in [3.8, 4) is 11.4 Å². The number of likely N-dealkylation sites (tertiary alicyclic amines) is 1. The molecule has 8 heteroatoms. The van der Waals surface area contributed by atoms with E-state index in [9.17, 15) is 9.18 Å². The molecule has 1 aromatic heterocycles. The first kappa shape index (κ1) is 21.9. The van der Waals surface area contributed by atoms with Crippen LogP contribution in [0.2, 0.25) is 0 Å². The molecular formula is C22H24ClFN4O2. The van der Waals surface area contributed by atoms with Gasteiger partial charge >= 0.3 is 0 Å². The lowest BCUT2D eigenvalue weighted by Gasteiger charge is -2.32. The summed E-state index contributed by atoms with van der Waals surface area (Å²) in [6, 6.07) is 13.0. The molecule has 1 aliphatic heterocycles. The van der Waals surface area contributed by atoms with Crippen LogP contribution in [0.5, 0.6) is 0 Å². The van der Waals surface area contributed by atoms with E-state index in [-0.39, 0.29) is 30.0 Å². The van der Waals surface area contributed by atoms with E-state index in [1.54, 1.807) is 17.0 Å². The largest absolute Gasteiger partial charge is 0.340 e. The fourth-order valence-electron chi connectivity index (χ4n) is 3.61. The quantitative estimate of drug-likeness (QED) is 0.675. The molecule has 0 radical (unpaired) electrons. The van der Waals surface area contributed by atoms with Crippen molar-refractivity contribution in [1.82, 2.24) is 15.0 Å². The highest BCUT2D eigenvalue weighted by atomic mass is 35.5. The number of nitrogens with two attached hydrogens (primary N) is 1. The molecule has 1 aliphatic rings. The average Bonchev–Trinajstić information content (AvgIpc) is 3.24. The number of piperidine rings is 1. The second kappa shape index (κ2) is 9.36. The van der Waals surface area contributed by atoms with Gasteiger partial charge in [0.25, 0.3) is 0 Å². The minimum absolute atomic E-state index is 0. The molecule has 0 saturated carbocycles. The minimum atomic E-state index is -0.688. The highest BCUT2D eigenvalue weighted by molar-refractivity contribution is 5.85. The zero-order valence-electron chi connectivity index (χ0n) is 16.6. The van der Waals surface area contributed by atoms with Crippen molar-refractivity contribution in [3.63, 3.8) is 0 Å². The van der Waals surface area contributed by atoms with Crippen LogP contribution in [0.4, 0.5) is 4.39 Å². The fourth-order valence-corrected chi connectivity index (χ4v) is 3.61. The average molecular weight is 431 g/mol. The van der Waals surface area contributed by atoms with E-state index >= 15 is 0 Å². The summed E-state index contributed by atoms with van der Waals surface area (Å²) >= 11 is 0. The third-order valence-electron chi connectivity index (χ3n) is 5.33. The Hall–Kier alpha value is -2.77. The monoisotopic (exact) mass is 430 g/mol. The molecule has 2 unspecified atom stereocenters. The second-order valence-electron chi connectivity index (χ2n) is 7.47. The van der Waals surface area contributed by atoms with E-state index in [4.69, 9.17) is 10.3 Å². The van der Waals surface area contributed by atoms with E-state index in [1.807, 2.05) is 31.2 Å². The summed E-state index contributed by atoms with van der Waals surface area (Å²) in [7, 11) is 0. The highest BCUT2D eigenvalue weighted by Crippen LogP contribution is 2.29. The Kier molecular flexibility index (Phi) is 6.84. The molecule has 3 aromatic rings. The smallest absolute Gasteiger partial charge is 0.244 e. The van der Waals surface area contributed by atoms with Crippen LogP contribution < -0.4 is 5.73 Å². The standard InChI is InChI=1S/C22H23FN4O2.ClH/c1-14-4-6-15(7-5-14)19(24)22(28)27-12-2-3-17(13-27)21-25-20(26-29-21)16-8-10-18(23)11-9-16;/h4-11,17,19H,2-3,12-13,24H2,1H3;1H. The number of aromatic nitrogens is 2. The van der Waals surface area contributed by atoms with Crippen molar-refractivity contribution in [2.75, 3.05) is 13.1 Å². The van der Waals surface area contributed by atoms with Crippen molar-refractivity contribution < 1.29 is 13.7 Å². The number of hydrogen-bond donors (Lipinski definition) is 1. The Morgan fingerprint density at radius 2 is 1.90 bits per heavy atom. The van der Waals surface area contributed by atoms with Gasteiger partial charge in [-0.1, -0.05) is 35.0 Å². The maximum atomic E-state index is 13.1. The number of benzene rings is 2. The number of aryl methyl sites for hydroxylation is 1. The number of amides is 1. The van der Waals surface area contributed by atoms with E-state index in [1.165, 1.54) is 12.1 Å². The summed E-state index contributed by atoms with van der Waals surface area (Å²) in [5.41, 5.74) is 8.84. The lowest BCUT2D eigenvalue weighted by molar-refractivity contribution is -0.134. The van der Waals surface area contributed by atoms with Crippen molar-refractivity contribution in [2.45, 2.75) is 31.7 Å². The van der Waals surface area contributed by atoms with E-state index in [2.05, 4.69) is 10.1 Å². The Morgan fingerprint density at radius 3 is 2.60 bits per heavy atom. The zero-order valence-corrected chi connectivity index (χ0v) is 17.4. The lowest BCUT2D eigenvalue weighted by atomic mass is 9.96. The first-order chi connectivity index (χ1) is 14.0. The molecule has 2 heterocycles. The zero-order chi connectivity index (χ0) is 20.4. The summed E-state index contributed by atoms with van der Waals surface area (Å²) < 4.78 is 18.6. The lowest BCUT2D eigenvalue weighted by Crippen LogP contribution is -2.43. The molecular weight excluding hydrogens is 407 g/mol. The van der Waals surface area contributed by atoms with Crippen LogP contribution >= 0.6 is 12.4 Å². The van der Waals surface area contributed by atoms with Gasteiger partial charge in [0.1, 0.15) is 11.9 Å². The summed E-state index contributed by atoms with van der Waals surface area (Å²) in [5.74, 6) is 0.450. The molecule has 1 saturated heterocycles. The third-order valence-corrected chi connectivity index (χ3v) is 5.33. The normalized spacial score (nSPS) is 17.3. The molecule has 2 aromatic carbocycles. The van der Waals surface area contributed by atoms with Crippen LogP contribution in [0.1, 0.15) is 41.8 Å². The van der Waals surface area contributed by atoms with Gasteiger partial charge in [-0.15, -0.1) is 12.4 Å². The SMILES string of the molecule is Cc1ccc(C(N)C(=O)N2CCCC(c3nc(-c4ccc(F)cc4)no3)C2)cc1.Cl. The van der Waals surface area contributed by atoms with Crippen molar-refractivity contribution in [3.05, 3.63) is 71.4 Å². The van der Waals surface area contributed by atoms with Crippen LogP contribution in [-0.2, 0) is 4.79 Å². The fraction of sp³-hybridized carbons (Fsp3) is 0.318. The molecule has 30 heavy (non-hydrogen) atoms. The number of nitrogens with zero attached hydrogens (tertiary/aromatic N) is 3. The maximum Gasteiger partial charge on any atom is 0.244 e. The Balaban J connectivity index is 0.00000256. The summed E-state index contributed by atoms with van der Waals surface area (Å²) in [6.07, 6.45) is 1.69. The highest BCUT2D eigenvalue weighted by Gasteiger charge is 2.31. The molecule has 1 amide bonds. The minimum Gasteiger partial charge on any atom is -0.340 e. The van der Waals surface area contributed by atoms with Gasteiger partial charge in [-0.3, -0.25) is 4.79 Å². The van der Waals surface area contributed by atoms with Crippen molar-refractivity contribution in [2.24, 2.45) is 5.73 Å². The number of hydrogen-bond acceptors (Lipinski definition) is 5. The van der Waals surface area contributed by atoms with Crippen LogP contribution in [-0.4, -0.2) is 34.0 Å². The van der Waals surface area contributed by atoms with Gasteiger partial charge in [-0.05, 0) is 49.6 Å². The Morgan fingerprint density at radius 1 is 1.20 bits per heavy atom. The van der Waals surface area contributed by atoms with Gasteiger partial charge < -0.3 is 15.2 Å². The Labute approximate surface area is 180 Å². The maximum absolute atomic E-state index is 13.1. The Bertz CT molecular complexity index is 991. The predicted molar refractivity (Wildman–Crippen MR) is 114 cm³/mol. The number of halogens is 2. The molecule has 2 atom stereocenters. The van der Waals surface area contributed by atoms with Gasteiger partial charge in [0.15, 0.2) is 0 Å². The number of carbonyl (C=O) groups excluding carboxylic acids is 1.